The third kappa shape index (κ3) is 3.79. The minimum atomic E-state index is -1.49. The molecule has 1 N–H and O–H groups in total. The monoisotopic (exact) mass is 526 g/mol. The molecule has 0 unspecified atom stereocenters. The maximum Gasteiger partial charge on any atom is 0.259 e. The smallest absolute Gasteiger partial charge is 0.259 e. The van der Waals surface area contributed by atoms with E-state index in [-0.39, 0.29) is 18.9 Å². The van der Waals surface area contributed by atoms with Crippen molar-refractivity contribution in [3.05, 3.63) is 99.3 Å². The molecule has 2 aliphatic heterocycles. The lowest BCUT2D eigenvalue weighted by atomic mass is 9.59. The molecular formula is C27H21Cl2FN2O4. The summed E-state index contributed by atoms with van der Waals surface area (Å²) in [6, 6.07) is 16.6. The zero-order chi connectivity index (χ0) is 25.6. The molecule has 0 aliphatic carbocycles. The Morgan fingerprint density at radius 2 is 1.78 bits per heavy atom. The van der Waals surface area contributed by atoms with Gasteiger partial charge in [-0.05, 0) is 53.1 Å². The van der Waals surface area contributed by atoms with Gasteiger partial charge in [-0.15, -0.1) is 0 Å². The van der Waals surface area contributed by atoms with Gasteiger partial charge < -0.3 is 10.1 Å². The number of rotatable bonds is 4. The highest BCUT2D eigenvalue weighted by atomic mass is 35.5. The van der Waals surface area contributed by atoms with Crippen molar-refractivity contribution >= 4 is 46.6 Å². The number of imide groups is 1. The van der Waals surface area contributed by atoms with Crippen LogP contribution >= 0.6 is 23.2 Å². The first-order valence-corrected chi connectivity index (χ1v) is 12.0. The van der Waals surface area contributed by atoms with Crippen LogP contribution in [0.15, 0.2) is 66.7 Å². The molecule has 0 aromatic heterocycles. The molecule has 3 aromatic carbocycles. The van der Waals surface area contributed by atoms with Gasteiger partial charge in [0.15, 0.2) is 0 Å². The Kier molecular flexibility index (Phi) is 6.32. The maximum absolute atomic E-state index is 14.5. The van der Waals surface area contributed by atoms with Crippen molar-refractivity contribution in [2.75, 3.05) is 18.6 Å². The Morgan fingerprint density at radius 1 is 1.06 bits per heavy atom. The van der Waals surface area contributed by atoms with Crippen molar-refractivity contribution in [1.82, 2.24) is 5.32 Å². The second-order valence-electron chi connectivity index (χ2n) is 8.87. The molecular weight excluding hydrogens is 506 g/mol. The fraction of sp³-hybridized carbons (Fsp3) is 0.222. The van der Waals surface area contributed by atoms with Crippen LogP contribution in [-0.4, -0.2) is 31.4 Å². The van der Waals surface area contributed by atoms with Crippen LogP contribution in [0.3, 0.4) is 0 Å². The van der Waals surface area contributed by atoms with Crippen LogP contribution in [0.4, 0.5) is 10.1 Å². The van der Waals surface area contributed by atoms with E-state index in [0.29, 0.717) is 32.4 Å². The Labute approximate surface area is 216 Å². The molecule has 0 radical (unpaired) electrons. The number of hydrogen-bond acceptors (Lipinski definition) is 4. The number of benzene rings is 3. The van der Waals surface area contributed by atoms with E-state index in [0.717, 1.165) is 4.90 Å². The molecule has 0 bridgehead atoms. The summed E-state index contributed by atoms with van der Waals surface area (Å²) in [6.07, 6.45) is -0.0493. The number of amides is 3. The van der Waals surface area contributed by atoms with Gasteiger partial charge in [0.2, 0.25) is 11.8 Å². The van der Waals surface area contributed by atoms with E-state index in [9.17, 15) is 18.8 Å². The summed E-state index contributed by atoms with van der Waals surface area (Å²) in [5, 5.41) is 3.69. The molecule has 3 amide bonds. The van der Waals surface area contributed by atoms with E-state index in [1.165, 1.54) is 25.3 Å². The molecule has 9 heteroatoms. The molecule has 6 nitrogen and oxygen atoms in total. The highest BCUT2D eigenvalue weighted by molar-refractivity contribution is 6.32. The number of nitrogens with zero attached hydrogens (tertiary/aromatic N) is 1. The van der Waals surface area contributed by atoms with Gasteiger partial charge in [0.05, 0.1) is 11.7 Å². The predicted molar refractivity (Wildman–Crippen MR) is 134 cm³/mol. The van der Waals surface area contributed by atoms with Crippen LogP contribution in [0, 0.1) is 5.82 Å². The first-order valence-electron chi connectivity index (χ1n) is 11.2. The van der Waals surface area contributed by atoms with E-state index < -0.39 is 35.0 Å². The third-order valence-electron chi connectivity index (χ3n) is 6.85. The van der Waals surface area contributed by atoms with Gasteiger partial charge in [0, 0.05) is 29.5 Å². The van der Waals surface area contributed by atoms with Crippen LogP contribution < -0.4 is 10.2 Å². The van der Waals surface area contributed by atoms with Gasteiger partial charge in [-0.25, -0.2) is 9.29 Å². The van der Waals surface area contributed by atoms with Gasteiger partial charge in [-0.2, -0.15) is 0 Å². The molecule has 36 heavy (non-hydrogen) atoms. The molecule has 184 valence electrons. The Hall–Kier alpha value is -3.26. The summed E-state index contributed by atoms with van der Waals surface area (Å²) in [7, 11) is 1.36. The van der Waals surface area contributed by atoms with Crippen molar-refractivity contribution < 1.29 is 23.5 Å². The normalized spacial score (nSPS) is 23.1. The maximum atomic E-state index is 14.5. The highest BCUT2D eigenvalue weighted by Crippen LogP contribution is 2.59. The molecule has 5 rings (SSSR count). The van der Waals surface area contributed by atoms with Gasteiger partial charge in [0.1, 0.15) is 17.8 Å². The lowest BCUT2D eigenvalue weighted by molar-refractivity contribution is -0.135. The van der Waals surface area contributed by atoms with Crippen LogP contribution in [0.25, 0.3) is 0 Å². The minimum Gasteiger partial charge on any atom is -0.375 e. The Balaban J connectivity index is 1.84. The van der Waals surface area contributed by atoms with Crippen LogP contribution in [-0.2, 0) is 24.5 Å². The molecule has 0 saturated carbocycles. The van der Waals surface area contributed by atoms with E-state index in [1.54, 1.807) is 48.5 Å². The average molecular weight is 527 g/mol. The Bertz CT molecular complexity index is 1340. The number of halogens is 3. The zero-order valence-electron chi connectivity index (χ0n) is 19.1. The first kappa shape index (κ1) is 24.4. The summed E-state index contributed by atoms with van der Waals surface area (Å²) in [6.45, 7) is -0.341. The highest BCUT2D eigenvalue weighted by Gasteiger charge is 2.64. The van der Waals surface area contributed by atoms with E-state index in [4.69, 9.17) is 27.9 Å². The zero-order valence-corrected chi connectivity index (χ0v) is 20.6. The first-order chi connectivity index (χ1) is 17.3. The number of carbonyl (C=O) groups is 3. The van der Waals surface area contributed by atoms with Gasteiger partial charge in [-0.1, -0.05) is 53.5 Å². The number of fused-ring (bicyclic) bond motifs is 2. The number of methoxy groups -OCH3 is 1. The molecule has 2 heterocycles. The number of ether oxygens (including phenoxy) is 1. The lowest BCUT2D eigenvalue weighted by Crippen LogP contribution is -2.59. The summed E-state index contributed by atoms with van der Waals surface area (Å²) in [5.74, 6) is -2.68. The summed E-state index contributed by atoms with van der Waals surface area (Å²) in [4.78, 5) is 41.8. The number of anilines is 1. The van der Waals surface area contributed by atoms with Crippen molar-refractivity contribution in [3.8, 4) is 0 Å². The summed E-state index contributed by atoms with van der Waals surface area (Å²) in [5.41, 5.74) is 0.356. The van der Waals surface area contributed by atoms with Crippen LogP contribution in [0.1, 0.15) is 35.1 Å². The second-order valence-corrected chi connectivity index (χ2v) is 9.74. The largest absolute Gasteiger partial charge is 0.375 e. The minimum absolute atomic E-state index is 0.0493. The quantitative estimate of drug-likeness (QED) is 0.522. The Morgan fingerprint density at radius 3 is 2.50 bits per heavy atom. The molecule has 1 spiro atoms. The molecule has 1 fully saturated rings. The van der Waals surface area contributed by atoms with Crippen molar-refractivity contribution in [3.63, 3.8) is 0 Å². The summed E-state index contributed by atoms with van der Waals surface area (Å²) < 4.78 is 19.4. The molecule has 3 aromatic rings. The van der Waals surface area contributed by atoms with Gasteiger partial charge in [-0.3, -0.25) is 14.4 Å². The van der Waals surface area contributed by atoms with Gasteiger partial charge in [0.25, 0.3) is 5.91 Å². The fourth-order valence-electron chi connectivity index (χ4n) is 5.52. The summed E-state index contributed by atoms with van der Waals surface area (Å²) >= 11 is 12.6. The van der Waals surface area contributed by atoms with Crippen molar-refractivity contribution in [1.29, 1.82) is 0 Å². The molecule has 1 saturated heterocycles. The number of hydrogen-bond donors (Lipinski definition) is 1. The number of piperidine rings is 1. The molecule has 3 atom stereocenters. The number of nitrogens with one attached hydrogen (secondary N) is 1. The third-order valence-corrected chi connectivity index (χ3v) is 7.32. The van der Waals surface area contributed by atoms with Crippen LogP contribution in [0.2, 0.25) is 10.0 Å². The topological polar surface area (TPSA) is 75.7 Å². The van der Waals surface area contributed by atoms with Gasteiger partial charge >= 0.3 is 0 Å². The SMILES string of the molecule is COCC(=O)N1C(=O)[C@]2(c3ccc(Cl)cc31)[C@@H](c1cccc(F)c1)NC(=O)C[C@H]2c1cccc(Cl)c1. The van der Waals surface area contributed by atoms with Crippen LogP contribution in [0.5, 0.6) is 0 Å². The predicted octanol–water partition coefficient (Wildman–Crippen LogP) is 4.93. The lowest BCUT2D eigenvalue weighted by Gasteiger charge is -2.46. The van der Waals surface area contributed by atoms with E-state index >= 15 is 0 Å². The average Bonchev–Trinajstić information content (AvgIpc) is 3.08. The van der Waals surface area contributed by atoms with Crippen molar-refractivity contribution in [2.45, 2.75) is 23.8 Å². The van der Waals surface area contributed by atoms with E-state index in [1.807, 2.05) is 0 Å². The number of carbonyl (C=O) groups excluding carboxylic acids is 3. The van der Waals surface area contributed by atoms with Crippen molar-refractivity contribution in [2.24, 2.45) is 0 Å². The standard InChI is InChI=1S/C27H21Cl2FN2O4/c1-36-14-24(34)32-22-12-18(29)8-9-20(22)27(26(32)35)21(15-4-2-6-17(28)10-15)13-23(33)31-25(27)16-5-3-7-19(30)11-16/h2-12,21,25H,13-14H2,1H3,(H,31,33)/t21-,25+,27-/m0/s1. The molecule has 2 aliphatic rings. The fourth-order valence-corrected chi connectivity index (χ4v) is 5.88. The second kappa shape index (κ2) is 9.32. The van der Waals surface area contributed by atoms with E-state index in [2.05, 4.69) is 5.32 Å².